The van der Waals surface area contributed by atoms with E-state index in [1.54, 1.807) is 23.5 Å². The summed E-state index contributed by atoms with van der Waals surface area (Å²) in [5.41, 5.74) is 3.98. The zero-order chi connectivity index (χ0) is 29.0. The zero-order valence-corrected chi connectivity index (χ0v) is 28.3. The van der Waals surface area contributed by atoms with Gasteiger partial charge in [0.15, 0.2) is 19.3 Å². The number of unbranched alkanes of at least 4 members (excludes halogenated alkanes) is 13. The Hall–Kier alpha value is -2.09. The van der Waals surface area contributed by atoms with Gasteiger partial charge in [0, 0.05) is 17.3 Å². The van der Waals surface area contributed by atoms with E-state index in [0.29, 0.717) is 23.1 Å². The molecule has 1 amide bonds. The monoisotopic (exact) mass is 678 g/mol. The van der Waals surface area contributed by atoms with E-state index < -0.39 is 0 Å². The summed E-state index contributed by atoms with van der Waals surface area (Å²) in [7, 11) is 0. The van der Waals surface area contributed by atoms with E-state index in [9.17, 15) is 4.79 Å². The lowest BCUT2D eigenvalue weighted by Gasteiger charge is -2.11. The molecule has 0 saturated carbocycles. The number of amides is 1. The van der Waals surface area contributed by atoms with Crippen molar-refractivity contribution in [1.29, 1.82) is 0 Å². The van der Waals surface area contributed by atoms with Crippen molar-refractivity contribution in [3.8, 4) is 11.5 Å². The van der Waals surface area contributed by atoms with Gasteiger partial charge >= 0.3 is 0 Å². The van der Waals surface area contributed by atoms with Crippen LogP contribution in [0.15, 0.2) is 59.6 Å². The average molecular weight is 680 g/mol. The maximum absolute atomic E-state index is 12.4. The van der Waals surface area contributed by atoms with Crippen molar-refractivity contribution in [1.82, 2.24) is 0 Å². The number of rotatable bonds is 22. The molecule has 0 aliphatic heterocycles. The molecule has 0 unspecified atom stereocenters. The van der Waals surface area contributed by atoms with Crippen LogP contribution >= 0.6 is 22.9 Å². The summed E-state index contributed by atoms with van der Waals surface area (Å²) in [4.78, 5) is 12.4. The molecule has 0 aliphatic carbocycles. The third-order valence-electron chi connectivity index (χ3n) is 7.16. The number of aromatic nitrogens is 1. The second-order valence-electron chi connectivity index (χ2n) is 10.8. The summed E-state index contributed by atoms with van der Waals surface area (Å²) in [5, 5.41) is 5.41. The molecule has 5 nitrogen and oxygen atoms in total. The largest absolute Gasteiger partial charge is 1.00 e. The molecule has 0 atom stereocenters. The number of anilines is 1. The molecule has 0 radical (unpaired) electrons. The Kier molecular flexibility index (Phi) is 19.3. The predicted molar refractivity (Wildman–Crippen MR) is 171 cm³/mol. The van der Waals surface area contributed by atoms with Crippen molar-refractivity contribution in [2.24, 2.45) is 0 Å². The summed E-state index contributed by atoms with van der Waals surface area (Å²) >= 11 is 8.06. The molecule has 0 fully saturated rings. The first-order valence-electron chi connectivity index (χ1n) is 15.5. The number of ether oxygens (including phenoxy) is 2. The van der Waals surface area contributed by atoms with Crippen LogP contribution in [0.3, 0.4) is 0 Å². The maximum Gasteiger partial charge on any atom is 0.262 e. The third-order valence-corrected chi connectivity index (χ3v) is 8.13. The molecule has 1 aromatic heterocycles. The predicted octanol–water partition coefficient (Wildman–Crippen LogP) is 6.62. The van der Waals surface area contributed by atoms with Crippen molar-refractivity contribution >= 4 is 34.5 Å². The van der Waals surface area contributed by atoms with E-state index >= 15 is 0 Å². The number of nitrogens with zero attached hydrogens (tertiary/aromatic N) is 1. The highest BCUT2D eigenvalue weighted by molar-refractivity contribution is 7.07. The van der Waals surface area contributed by atoms with Crippen LogP contribution in [0.2, 0.25) is 5.02 Å². The molecule has 232 valence electrons. The Balaban J connectivity index is 0.00000616. The van der Waals surface area contributed by atoms with Gasteiger partial charge in [-0.2, -0.15) is 4.57 Å². The highest BCUT2D eigenvalue weighted by Crippen LogP contribution is 2.29. The first kappa shape index (κ1) is 36.1. The molecule has 42 heavy (non-hydrogen) atoms. The minimum absolute atomic E-state index is 0. The quantitative estimate of drug-likeness (QED) is 0.0960. The molecule has 2 aromatic carbocycles. The average Bonchev–Trinajstić information content (AvgIpc) is 3.49. The lowest BCUT2D eigenvalue weighted by atomic mass is 10.0. The van der Waals surface area contributed by atoms with E-state index in [4.69, 9.17) is 21.1 Å². The summed E-state index contributed by atoms with van der Waals surface area (Å²) in [6.45, 7) is 3.64. The first-order chi connectivity index (χ1) is 20.1. The fourth-order valence-electron chi connectivity index (χ4n) is 4.77. The van der Waals surface area contributed by atoms with Gasteiger partial charge in [0.25, 0.3) is 5.91 Å². The van der Waals surface area contributed by atoms with Crippen LogP contribution in [0.4, 0.5) is 5.69 Å². The Morgan fingerprint density at radius 3 is 2.02 bits per heavy atom. The van der Waals surface area contributed by atoms with Crippen LogP contribution in [-0.4, -0.2) is 19.1 Å². The number of benzene rings is 2. The fourth-order valence-corrected chi connectivity index (χ4v) is 5.59. The Bertz CT molecular complexity index is 1110. The van der Waals surface area contributed by atoms with Gasteiger partial charge in [0.05, 0.1) is 17.0 Å². The topological polar surface area (TPSA) is 51.4 Å². The van der Waals surface area contributed by atoms with Crippen molar-refractivity contribution in [2.75, 3.05) is 18.5 Å². The van der Waals surface area contributed by atoms with E-state index in [1.807, 2.05) is 41.9 Å². The van der Waals surface area contributed by atoms with E-state index in [1.165, 1.54) is 89.0 Å². The molecule has 1 N–H and O–H groups in total. The van der Waals surface area contributed by atoms with Crippen LogP contribution in [0.1, 0.15) is 102 Å². The number of carbonyl (C=O) groups is 1. The fraction of sp³-hybridized carbons (Fsp3) is 0.529. The number of hydrogen-bond acceptors (Lipinski definition) is 4. The number of carbonyl (C=O) groups excluding carboxylic acids is 1. The molecule has 3 rings (SSSR count). The van der Waals surface area contributed by atoms with Crippen LogP contribution in [0, 0.1) is 0 Å². The first-order valence-corrected chi connectivity index (χ1v) is 16.8. The van der Waals surface area contributed by atoms with Gasteiger partial charge in [-0.1, -0.05) is 125 Å². The Morgan fingerprint density at radius 2 is 1.45 bits per heavy atom. The molecule has 8 heteroatoms. The Labute approximate surface area is 272 Å². The number of nitrogens with one attached hydrogen (secondary N) is 1. The second kappa shape index (κ2) is 22.4. The molecular weight excluding hydrogens is 632 g/mol. The maximum atomic E-state index is 12.4. The molecule has 0 saturated heterocycles. The summed E-state index contributed by atoms with van der Waals surface area (Å²) < 4.78 is 13.6. The van der Waals surface area contributed by atoms with Crippen LogP contribution in [0.25, 0.3) is 0 Å². The highest BCUT2D eigenvalue weighted by Gasteiger charge is 2.08. The van der Waals surface area contributed by atoms with Crippen molar-refractivity contribution < 1.29 is 35.8 Å². The SMILES string of the molecule is CCCCCCCCCCCCCCCCOc1ccc(OCC(=O)Nc2ccc(C[n+]3ccsc3)cc2)cc1Cl.[Br-]. The van der Waals surface area contributed by atoms with Gasteiger partial charge in [-0.15, -0.1) is 0 Å². The standard InChI is InChI=1S/C34H47ClN2O3S.BrH/c1-2-3-4-5-6-7-8-9-10-11-12-13-14-15-23-39-33-21-20-31(25-32(33)35)40-27-34(38)36-30-18-16-29(17-19-30)26-37-22-24-41-28-37;/h16-22,24-25,28H,2-15,23,26-27H2,1H3;1H. The highest BCUT2D eigenvalue weighted by atomic mass is 79.9. The third kappa shape index (κ3) is 15.4. The van der Waals surface area contributed by atoms with Crippen molar-refractivity contribution in [3.63, 3.8) is 0 Å². The lowest BCUT2D eigenvalue weighted by Crippen LogP contribution is -3.00. The number of halogens is 2. The molecule has 0 spiro atoms. The van der Waals surface area contributed by atoms with E-state index in [2.05, 4.69) is 22.3 Å². The van der Waals surface area contributed by atoms with Gasteiger partial charge in [0.2, 0.25) is 5.51 Å². The van der Waals surface area contributed by atoms with Gasteiger partial charge in [-0.05, 0) is 30.7 Å². The lowest BCUT2D eigenvalue weighted by molar-refractivity contribution is -0.683. The van der Waals surface area contributed by atoms with Crippen molar-refractivity contribution in [2.45, 2.75) is 103 Å². The van der Waals surface area contributed by atoms with E-state index in [-0.39, 0.29) is 29.5 Å². The summed E-state index contributed by atoms with van der Waals surface area (Å²) in [6.07, 6.45) is 20.8. The smallest absolute Gasteiger partial charge is 0.262 e. The van der Waals surface area contributed by atoms with Gasteiger partial charge in [0.1, 0.15) is 11.5 Å². The van der Waals surface area contributed by atoms with Gasteiger partial charge < -0.3 is 31.8 Å². The van der Waals surface area contributed by atoms with Crippen LogP contribution < -0.4 is 36.3 Å². The summed E-state index contributed by atoms with van der Waals surface area (Å²) in [5.74, 6) is 0.968. The second-order valence-corrected chi connectivity index (χ2v) is 11.9. The van der Waals surface area contributed by atoms with Crippen LogP contribution in [0.5, 0.6) is 11.5 Å². The summed E-state index contributed by atoms with van der Waals surface area (Å²) in [6, 6.07) is 13.1. The number of hydrogen-bond donors (Lipinski definition) is 1. The van der Waals surface area contributed by atoms with Crippen molar-refractivity contribution in [3.05, 3.63) is 70.1 Å². The molecule has 3 aromatic rings. The minimum Gasteiger partial charge on any atom is -1.00 e. The zero-order valence-electron chi connectivity index (χ0n) is 25.1. The molecule has 0 bridgehead atoms. The molecule has 1 heterocycles. The Morgan fingerprint density at radius 1 is 0.833 bits per heavy atom. The normalized spacial score (nSPS) is 10.7. The molecule has 0 aliphatic rings. The van der Waals surface area contributed by atoms with Gasteiger partial charge in [-0.25, -0.2) is 0 Å². The number of thiazole rings is 1. The molecular formula is C34H48BrClN2O3S. The van der Waals surface area contributed by atoms with Gasteiger partial charge in [-0.3, -0.25) is 4.79 Å². The van der Waals surface area contributed by atoms with E-state index in [0.717, 1.165) is 18.7 Å². The van der Waals surface area contributed by atoms with Crippen LogP contribution in [-0.2, 0) is 11.3 Å². The minimum atomic E-state index is -0.223.